The molecule has 2 nitrogen and oxygen atoms in total. The van der Waals surface area contributed by atoms with Crippen molar-refractivity contribution in [2.75, 3.05) is 0 Å². The van der Waals surface area contributed by atoms with Crippen molar-refractivity contribution in [2.45, 2.75) is 6.92 Å². The van der Waals surface area contributed by atoms with Crippen molar-refractivity contribution >= 4 is 6.19 Å². The van der Waals surface area contributed by atoms with E-state index in [1.165, 1.54) is 6.92 Å². The van der Waals surface area contributed by atoms with Crippen LogP contribution in [0.3, 0.4) is 0 Å². The molecule has 0 aromatic heterocycles. The highest BCUT2D eigenvalue weighted by molar-refractivity contribution is 5.51. The summed E-state index contributed by atoms with van der Waals surface area (Å²) in [5.41, 5.74) is 0. The lowest BCUT2D eigenvalue weighted by molar-refractivity contribution is 0.321. The largest absolute Gasteiger partial charge is 0.411 e. The zero-order valence-electron chi connectivity index (χ0n) is 3.39. The molecule has 0 fully saturated rings. The molecule has 0 aromatic carbocycles. The summed E-state index contributed by atoms with van der Waals surface area (Å²) in [6.07, 6.45) is -0.0648. The van der Waals surface area contributed by atoms with Gasteiger partial charge in [-0.1, -0.05) is 0 Å². The van der Waals surface area contributed by atoms with E-state index in [1.807, 2.05) is 0 Å². The maximum absolute atomic E-state index is 7.54. The standard InChI is InChI=1S/C2H5NO/c1-2-3-4/h2,4H,1H3/b3-2-/i2D. The Hall–Kier alpha value is -0.530. The van der Waals surface area contributed by atoms with Crippen LogP contribution < -0.4 is 0 Å². The van der Waals surface area contributed by atoms with E-state index in [-0.39, 0.29) is 6.19 Å². The molecule has 0 saturated heterocycles. The SMILES string of the molecule is [2H]/C(C)=N/O. The summed E-state index contributed by atoms with van der Waals surface area (Å²) in [5, 5.41) is 10.0. The smallest absolute Gasteiger partial charge is 0.0824 e. The maximum atomic E-state index is 7.54. The van der Waals surface area contributed by atoms with E-state index in [0.29, 0.717) is 0 Å². The number of hydrogen-bond donors (Lipinski definition) is 1. The van der Waals surface area contributed by atoms with E-state index < -0.39 is 0 Å². The van der Waals surface area contributed by atoms with Crippen LogP contribution in [0.25, 0.3) is 0 Å². The Balaban J connectivity index is 3.14. The second kappa shape index (κ2) is 2.47. The van der Waals surface area contributed by atoms with Gasteiger partial charge in [-0.2, -0.15) is 0 Å². The summed E-state index contributed by atoms with van der Waals surface area (Å²) in [6, 6.07) is 0. The lowest BCUT2D eigenvalue weighted by atomic mass is 10.9. The monoisotopic (exact) mass is 60.0 g/mol. The molecule has 0 saturated carbocycles. The molecule has 0 aliphatic carbocycles. The first-order chi connectivity index (χ1) is 2.27. The molecule has 0 radical (unpaired) electrons. The van der Waals surface area contributed by atoms with Crippen molar-refractivity contribution in [1.29, 1.82) is 0 Å². The van der Waals surface area contributed by atoms with Crippen molar-refractivity contribution in [3.63, 3.8) is 0 Å². The quantitative estimate of drug-likeness (QED) is 0.246. The van der Waals surface area contributed by atoms with Gasteiger partial charge in [0.2, 0.25) is 0 Å². The summed E-state index contributed by atoms with van der Waals surface area (Å²) in [4.78, 5) is 0. The minimum absolute atomic E-state index is 0.0648. The Labute approximate surface area is 26.2 Å². The van der Waals surface area contributed by atoms with Crippen molar-refractivity contribution in [2.24, 2.45) is 5.16 Å². The Bertz CT molecular complexity index is 47.6. The maximum Gasteiger partial charge on any atom is 0.0824 e. The fraction of sp³-hybridized carbons (Fsp3) is 0.500. The van der Waals surface area contributed by atoms with Gasteiger partial charge in [0.1, 0.15) is 0 Å². The van der Waals surface area contributed by atoms with Crippen LogP contribution in [-0.2, 0) is 0 Å². The van der Waals surface area contributed by atoms with Gasteiger partial charge in [-0.25, -0.2) is 0 Å². The summed E-state index contributed by atoms with van der Waals surface area (Å²) < 4.78 is 6.33. The highest BCUT2D eigenvalue weighted by Crippen LogP contribution is 1.38. The fourth-order valence-electron chi connectivity index (χ4n) is 0. The molecule has 1 N–H and O–H groups in total. The predicted octanol–water partition coefficient (Wildman–Crippen LogP) is 0.466. The lowest BCUT2D eigenvalue weighted by Crippen LogP contribution is -1.49. The molecular formula is C2H5NO. The average Bonchev–Trinajstić information content (AvgIpc) is 1.38. The third kappa shape index (κ3) is 1.47. The first kappa shape index (κ1) is 1.76. The van der Waals surface area contributed by atoms with Crippen LogP contribution in [0.5, 0.6) is 0 Å². The van der Waals surface area contributed by atoms with Crippen molar-refractivity contribution in [1.82, 2.24) is 0 Å². The molecule has 0 spiro atoms. The third-order valence-electron chi connectivity index (χ3n) is 0.100. The molecule has 0 atom stereocenters. The van der Waals surface area contributed by atoms with E-state index in [1.54, 1.807) is 0 Å². The first-order valence-corrected chi connectivity index (χ1v) is 0.924. The van der Waals surface area contributed by atoms with Crippen LogP contribution in [-0.4, -0.2) is 11.4 Å². The molecule has 2 heteroatoms. The summed E-state index contributed by atoms with van der Waals surface area (Å²) in [6.45, 7) is 1.39. The van der Waals surface area contributed by atoms with Gasteiger partial charge in [0.25, 0.3) is 0 Å². The minimum Gasteiger partial charge on any atom is -0.411 e. The van der Waals surface area contributed by atoms with Gasteiger partial charge >= 0.3 is 0 Å². The lowest BCUT2D eigenvalue weighted by Gasteiger charge is -1.54. The zero-order chi connectivity index (χ0) is 4.28. The molecule has 0 amide bonds. The Morgan fingerprint density at radius 1 is 2.50 bits per heavy atom. The number of oxime groups is 1. The van der Waals surface area contributed by atoms with Gasteiger partial charge in [-0.3, -0.25) is 0 Å². The van der Waals surface area contributed by atoms with Gasteiger partial charge in [-0.05, 0) is 6.92 Å². The van der Waals surface area contributed by atoms with Gasteiger partial charge < -0.3 is 5.21 Å². The average molecular weight is 60.1 g/mol. The summed E-state index contributed by atoms with van der Waals surface area (Å²) >= 11 is 0. The van der Waals surface area contributed by atoms with E-state index in [2.05, 4.69) is 5.16 Å². The van der Waals surface area contributed by atoms with Crippen LogP contribution >= 0.6 is 0 Å². The molecule has 0 aliphatic heterocycles. The van der Waals surface area contributed by atoms with E-state index in [4.69, 9.17) is 6.58 Å². The van der Waals surface area contributed by atoms with Gasteiger partial charge in [0, 0.05) is 6.19 Å². The topological polar surface area (TPSA) is 32.6 Å². The van der Waals surface area contributed by atoms with Gasteiger partial charge in [0.05, 0.1) is 1.37 Å². The molecular weight excluding hydrogens is 54.0 g/mol. The normalized spacial score (nSPS) is 15.2. The highest BCUT2D eigenvalue weighted by atomic mass is 16.4. The van der Waals surface area contributed by atoms with Crippen molar-refractivity contribution < 1.29 is 6.58 Å². The predicted molar refractivity (Wildman–Crippen MR) is 16.0 cm³/mol. The van der Waals surface area contributed by atoms with E-state index in [9.17, 15) is 0 Å². The molecule has 0 rings (SSSR count). The Morgan fingerprint density at radius 3 is 2.75 bits per heavy atom. The van der Waals surface area contributed by atoms with E-state index in [0.717, 1.165) is 0 Å². The van der Waals surface area contributed by atoms with Crippen LogP contribution in [0, 0.1) is 0 Å². The molecule has 0 aliphatic rings. The van der Waals surface area contributed by atoms with Gasteiger partial charge in [0.15, 0.2) is 0 Å². The van der Waals surface area contributed by atoms with Crippen molar-refractivity contribution in [3.8, 4) is 0 Å². The van der Waals surface area contributed by atoms with Crippen LogP contribution in [0.15, 0.2) is 5.16 Å². The molecule has 4 heavy (non-hydrogen) atoms. The minimum atomic E-state index is -0.0648. The summed E-state index contributed by atoms with van der Waals surface area (Å²) in [7, 11) is 0. The van der Waals surface area contributed by atoms with Crippen molar-refractivity contribution in [3.05, 3.63) is 0 Å². The van der Waals surface area contributed by atoms with Crippen LogP contribution in [0.1, 0.15) is 8.29 Å². The Kier molecular flexibility index (Phi) is 1.09. The van der Waals surface area contributed by atoms with E-state index >= 15 is 0 Å². The highest BCUT2D eigenvalue weighted by Gasteiger charge is 1.34. The van der Waals surface area contributed by atoms with Crippen LogP contribution in [0.4, 0.5) is 0 Å². The van der Waals surface area contributed by atoms with Gasteiger partial charge in [-0.15, -0.1) is 5.16 Å². The first-order valence-electron chi connectivity index (χ1n) is 1.42. The zero-order valence-corrected chi connectivity index (χ0v) is 2.39. The molecule has 24 valence electrons. The second-order valence-corrected chi connectivity index (χ2v) is 0.324. The number of hydrogen-bond acceptors (Lipinski definition) is 2. The Morgan fingerprint density at radius 2 is 2.75 bits per heavy atom. The number of rotatable bonds is 0. The molecule has 0 heterocycles. The second-order valence-electron chi connectivity index (χ2n) is 0.324. The summed E-state index contributed by atoms with van der Waals surface area (Å²) in [5.74, 6) is 0. The number of nitrogens with zero attached hydrogens (tertiary/aromatic N) is 1. The molecule has 0 unspecified atom stereocenters. The fourth-order valence-corrected chi connectivity index (χ4v) is 0. The third-order valence-corrected chi connectivity index (χ3v) is 0.100. The van der Waals surface area contributed by atoms with Crippen LogP contribution in [0.2, 0.25) is 0 Å². The molecule has 0 aromatic rings. The molecule has 0 bridgehead atoms.